The molecule has 0 saturated carbocycles. The fourth-order valence-corrected chi connectivity index (χ4v) is 3.25. The number of rotatable bonds is 8. The number of methoxy groups -OCH3 is 1. The van der Waals surface area contributed by atoms with Crippen LogP contribution in [0.15, 0.2) is 71.8 Å². The number of hydrazone groups is 1. The van der Waals surface area contributed by atoms with Crippen LogP contribution in [0.3, 0.4) is 0 Å². The molecule has 0 saturated heterocycles. The van der Waals surface area contributed by atoms with Crippen LogP contribution >= 0.6 is 11.6 Å². The summed E-state index contributed by atoms with van der Waals surface area (Å²) in [5, 5.41) is 4.23. The molecule has 7 nitrogen and oxygen atoms in total. The monoisotopic (exact) mass is 494 g/mol. The van der Waals surface area contributed by atoms with Gasteiger partial charge in [-0.15, -0.1) is 0 Å². The summed E-state index contributed by atoms with van der Waals surface area (Å²) in [6, 6.07) is 19.1. The molecule has 0 aliphatic carbocycles. The standard InChI is InChI=1S/C27H27ClN2O5/c1-27(2,3)19-10-12-20(13-11-19)34-17-25(31)30-29-16-18-9-14-23(24(15-18)33-4)35-26(32)21-7-5-6-8-22(21)28/h5-16H,17H2,1-4H3,(H,30,31)/b29-16-. The van der Waals surface area contributed by atoms with E-state index in [1.54, 1.807) is 42.5 Å². The Morgan fingerprint density at radius 2 is 1.71 bits per heavy atom. The van der Waals surface area contributed by atoms with Crippen molar-refractivity contribution in [3.63, 3.8) is 0 Å². The molecule has 0 atom stereocenters. The molecule has 182 valence electrons. The molecule has 0 unspecified atom stereocenters. The number of carbonyl (C=O) groups is 2. The Morgan fingerprint density at radius 1 is 1.00 bits per heavy atom. The highest BCUT2D eigenvalue weighted by Crippen LogP contribution is 2.29. The third-order valence-corrected chi connectivity index (χ3v) is 5.31. The largest absolute Gasteiger partial charge is 0.493 e. The highest BCUT2D eigenvalue weighted by Gasteiger charge is 2.15. The molecule has 0 bridgehead atoms. The van der Waals surface area contributed by atoms with Crippen LogP contribution in [-0.2, 0) is 10.2 Å². The summed E-state index contributed by atoms with van der Waals surface area (Å²) in [7, 11) is 1.45. The number of esters is 1. The van der Waals surface area contributed by atoms with Crippen molar-refractivity contribution in [2.24, 2.45) is 5.10 Å². The number of nitrogens with one attached hydrogen (secondary N) is 1. The summed E-state index contributed by atoms with van der Waals surface area (Å²) >= 11 is 6.05. The molecule has 0 aliphatic heterocycles. The zero-order chi connectivity index (χ0) is 25.4. The molecule has 0 fully saturated rings. The molecule has 1 N–H and O–H groups in total. The summed E-state index contributed by atoms with van der Waals surface area (Å²) in [6.07, 6.45) is 1.44. The number of ether oxygens (including phenoxy) is 3. The number of carbonyl (C=O) groups excluding carboxylic acids is 2. The molecule has 8 heteroatoms. The zero-order valence-corrected chi connectivity index (χ0v) is 20.8. The van der Waals surface area contributed by atoms with Gasteiger partial charge in [0, 0.05) is 0 Å². The van der Waals surface area contributed by atoms with Gasteiger partial charge in [0.25, 0.3) is 5.91 Å². The molecule has 3 aromatic rings. The molecule has 3 rings (SSSR count). The van der Waals surface area contributed by atoms with E-state index in [2.05, 4.69) is 31.3 Å². The lowest BCUT2D eigenvalue weighted by Crippen LogP contribution is -2.24. The number of hydrogen-bond acceptors (Lipinski definition) is 6. The summed E-state index contributed by atoms with van der Waals surface area (Å²) < 4.78 is 16.2. The average Bonchev–Trinajstić information content (AvgIpc) is 2.83. The van der Waals surface area contributed by atoms with Crippen LogP contribution in [-0.4, -0.2) is 31.8 Å². The SMILES string of the molecule is COc1cc(/C=N\NC(=O)COc2ccc(C(C)(C)C)cc2)ccc1OC(=O)c1ccccc1Cl. The maximum absolute atomic E-state index is 12.4. The first-order chi connectivity index (χ1) is 16.7. The van der Waals surface area contributed by atoms with Crippen LogP contribution in [0.25, 0.3) is 0 Å². The van der Waals surface area contributed by atoms with E-state index in [0.29, 0.717) is 22.1 Å². The summed E-state index contributed by atoms with van der Waals surface area (Å²) in [6.45, 7) is 6.21. The minimum absolute atomic E-state index is 0.0444. The summed E-state index contributed by atoms with van der Waals surface area (Å²) in [4.78, 5) is 24.5. The van der Waals surface area contributed by atoms with Gasteiger partial charge >= 0.3 is 5.97 Å². The average molecular weight is 495 g/mol. The molecule has 0 spiro atoms. The highest BCUT2D eigenvalue weighted by atomic mass is 35.5. The lowest BCUT2D eigenvalue weighted by atomic mass is 9.87. The van der Waals surface area contributed by atoms with Crippen LogP contribution in [0.1, 0.15) is 42.3 Å². The molecule has 0 radical (unpaired) electrons. The topological polar surface area (TPSA) is 86.2 Å². The van der Waals surface area contributed by atoms with E-state index in [9.17, 15) is 9.59 Å². The molecule has 0 aliphatic rings. The van der Waals surface area contributed by atoms with E-state index in [4.69, 9.17) is 25.8 Å². The van der Waals surface area contributed by atoms with Crippen molar-refractivity contribution in [3.05, 3.63) is 88.4 Å². The van der Waals surface area contributed by atoms with Crippen molar-refractivity contribution in [2.75, 3.05) is 13.7 Å². The van der Waals surface area contributed by atoms with Gasteiger partial charge in [-0.3, -0.25) is 4.79 Å². The van der Waals surface area contributed by atoms with Crippen molar-refractivity contribution in [2.45, 2.75) is 26.2 Å². The number of halogens is 1. The van der Waals surface area contributed by atoms with Gasteiger partial charge in [-0.05, 0) is 59.0 Å². The molecule has 1 amide bonds. The van der Waals surface area contributed by atoms with Gasteiger partial charge in [0.2, 0.25) is 0 Å². The number of benzene rings is 3. The predicted octanol–water partition coefficient (Wildman–Crippen LogP) is 5.39. The van der Waals surface area contributed by atoms with Gasteiger partial charge in [0.15, 0.2) is 18.1 Å². The van der Waals surface area contributed by atoms with E-state index < -0.39 is 11.9 Å². The minimum atomic E-state index is -0.601. The van der Waals surface area contributed by atoms with E-state index in [1.165, 1.54) is 18.9 Å². The molecule has 3 aromatic carbocycles. The summed E-state index contributed by atoms with van der Waals surface area (Å²) in [5.41, 5.74) is 4.51. The first kappa shape index (κ1) is 25.8. The van der Waals surface area contributed by atoms with Crippen LogP contribution < -0.4 is 19.6 Å². The van der Waals surface area contributed by atoms with Crippen molar-refractivity contribution in [3.8, 4) is 17.2 Å². The second kappa shape index (κ2) is 11.5. The van der Waals surface area contributed by atoms with Gasteiger partial charge in [0.05, 0.1) is 23.9 Å². The third-order valence-electron chi connectivity index (χ3n) is 4.98. The Bertz CT molecular complexity index is 1220. The Morgan fingerprint density at radius 3 is 2.37 bits per heavy atom. The predicted molar refractivity (Wildman–Crippen MR) is 136 cm³/mol. The van der Waals surface area contributed by atoms with Crippen molar-refractivity contribution < 1.29 is 23.8 Å². The van der Waals surface area contributed by atoms with E-state index in [-0.39, 0.29) is 23.3 Å². The van der Waals surface area contributed by atoms with Crippen LogP contribution in [0.5, 0.6) is 17.2 Å². The van der Waals surface area contributed by atoms with Gasteiger partial charge in [-0.1, -0.05) is 56.6 Å². The quantitative estimate of drug-likeness (QED) is 0.196. The number of nitrogens with zero attached hydrogens (tertiary/aromatic N) is 1. The van der Waals surface area contributed by atoms with Crippen LogP contribution in [0.2, 0.25) is 5.02 Å². The normalized spacial score (nSPS) is 11.2. The van der Waals surface area contributed by atoms with E-state index >= 15 is 0 Å². The molecular formula is C27H27ClN2O5. The first-order valence-corrected chi connectivity index (χ1v) is 11.2. The van der Waals surface area contributed by atoms with Crippen molar-refractivity contribution >= 4 is 29.7 Å². The second-order valence-electron chi connectivity index (χ2n) is 8.64. The Labute approximate surface area is 209 Å². The maximum atomic E-state index is 12.4. The summed E-state index contributed by atoms with van der Waals surface area (Å²) in [5.74, 6) is 0.144. The Balaban J connectivity index is 1.54. The molecule has 0 aromatic heterocycles. The number of amides is 1. The van der Waals surface area contributed by atoms with Crippen LogP contribution in [0, 0.1) is 0 Å². The fourth-order valence-electron chi connectivity index (χ4n) is 3.04. The zero-order valence-electron chi connectivity index (χ0n) is 20.0. The molecular weight excluding hydrogens is 468 g/mol. The molecule has 0 heterocycles. The lowest BCUT2D eigenvalue weighted by Gasteiger charge is -2.19. The Hall–Kier alpha value is -3.84. The van der Waals surface area contributed by atoms with Gasteiger partial charge in [0.1, 0.15) is 5.75 Å². The molecule has 35 heavy (non-hydrogen) atoms. The van der Waals surface area contributed by atoms with Gasteiger partial charge in [-0.25, -0.2) is 10.2 Å². The van der Waals surface area contributed by atoms with Gasteiger partial charge in [-0.2, -0.15) is 5.10 Å². The van der Waals surface area contributed by atoms with Gasteiger partial charge < -0.3 is 14.2 Å². The third kappa shape index (κ3) is 7.32. The fraction of sp³-hybridized carbons (Fsp3) is 0.222. The van der Waals surface area contributed by atoms with Crippen LogP contribution in [0.4, 0.5) is 0 Å². The second-order valence-corrected chi connectivity index (χ2v) is 9.04. The van der Waals surface area contributed by atoms with Crippen molar-refractivity contribution in [1.82, 2.24) is 5.43 Å². The maximum Gasteiger partial charge on any atom is 0.345 e. The number of hydrogen-bond donors (Lipinski definition) is 1. The smallest absolute Gasteiger partial charge is 0.345 e. The minimum Gasteiger partial charge on any atom is -0.493 e. The highest BCUT2D eigenvalue weighted by molar-refractivity contribution is 6.33. The Kier molecular flexibility index (Phi) is 8.49. The van der Waals surface area contributed by atoms with E-state index in [1.807, 2.05) is 24.3 Å². The lowest BCUT2D eigenvalue weighted by molar-refractivity contribution is -0.123. The van der Waals surface area contributed by atoms with Crippen molar-refractivity contribution in [1.29, 1.82) is 0 Å². The first-order valence-electron chi connectivity index (χ1n) is 10.9. The van der Waals surface area contributed by atoms with E-state index in [0.717, 1.165) is 0 Å².